The van der Waals surface area contributed by atoms with Crippen LogP contribution < -0.4 is 22.1 Å². The van der Waals surface area contributed by atoms with Crippen LogP contribution in [0.4, 0.5) is 17.3 Å². The van der Waals surface area contributed by atoms with Crippen molar-refractivity contribution in [1.29, 1.82) is 10.5 Å². The first kappa shape index (κ1) is 19.9. The molecule has 0 aliphatic carbocycles. The van der Waals surface area contributed by atoms with Gasteiger partial charge in [-0.3, -0.25) is 10.2 Å². The highest BCUT2D eigenvalue weighted by Crippen LogP contribution is 2.40. The molecule has 1 unspecified atom stereocenters. The van der Waals surface area contributed by atoms with Crippen LogP contribution in [0.25, 0.3) is 0 Å². The summed E-state index contributed by atoms with van der Waals surface area (Å²) in [4.78, 5) is 11.2. The number of aliphatic imine (C=N–C) groups is 1. The molecule has 2 heterocycles. The number of rotatable bonds is 5. The molecule has 1 aromatic heterocycles. The van der Waals surface area contributed by atoms with E-state index >= 15 is 0 Å². The second-order valence-electron chi connectivity index (χ2n) is 6.61. The Morgan fingerprint density at radius 2 is 2.00 bits per heavy atom. The number of guanidine groups is 1. The van der Waals surface area contributed by atoms with Gasteiger partial charge in [0.25, 0.3) is 0 Å². The molecule has 1 aliphatic rings. The molecule has 0 radical (unpaired) electrons. The van der Waals surface area contributed by atoms with Crippen LogP contribution in [-0.2, 0) is 6.54 Å². The van der Waals surface area contributed by atoms with Crippen LogP contribution in [0.1, 0.15) is 42.1 Å². The van der Waals surface area contributed by atoms with E-state index in [1.165, 1.54) is 0 Å². The Balaban J connectivity index is 2.12. The molecule has 29 heavy (non-hydrogen) atoms. The second-order valence-corrected chi connectivity index (χ2v) is 6.61. The van der Waals surface area contributed by atoms with E-state index in [9.17, 15) is 5.26 Å². The lowest BCUT2D eigenvalue weighted by atomic mass is 9.94. The molecule has 0 bridgehead atoms. The molecule has 3 rings (SSSR count). The Labute approximate surface area is 169 Å². The van der Waals surface area contributed by atoms with Gasteiger partial charge < -0.3 is 16.8 Å². The molecule has 6 N–H and O–H groups in total. The van der Waals surface area contributed by atoms with Gasteiger partial charge in [-0.2, -0.15) is 10.5 Å². The fraction of sp³-hybridized carbons (Fsp3) is 0.300. The molecule has 148 valence electrons. The van der Waals surface area contributed by atoms with Gasteiger partial charge in [-0.05, 0) is 24.2 Å². The van der Waals surface area contributed by atoms with Gasteiger partial charge in [0, 0.05) is 12.1 Å². The summed E-state index contributed by atoms with van der Waals surface area (Å²) in [5, 5.41) is 23.9. The lowest BCUT2D eigenvalue weighted by Crippen LogP contribution is -2.32. The largest absolute Gasteiger partial charge is 0.397 e. The molecule has 1 aromatic carbocycles. The summed E-state index contributed by atoms with van der Waals surface area (Å²) < 4.78 is 0. The number of nitrogen functional groups attached to an aromatic ring is 2. The molecule has 0 spiro atoms. The summed E-state index contributed by atoms with van der Waals surface area (Å²) in [6, 6.07) is 9.52. The van der Waals surface area contributed by atoms with Crippen LogP contribution in [0.15, 0.2) is 29.3 Å². The molecule has 0 fully saturated rings. The van der Waals surface area contributed by atoms with Crippen LogP contribution in [-0.4, -0.2) is 28.9 Å². The number of nitrogens with two attached hydrogens (primary N) is 2. The van der Waals surface area contributed by atoms with E-state index in [0.29, 0.717) is 11.4 Å². The minimum atomic E-state index is -0.529. The standard InChI is InChI=1S/C20H23N9/c1-3-29(4-2)10-12-6-5-7-13(8-12)17-15-16(23)14(9-21)18(24)27-19(15)28-20(26-17)25-11-22/h5-8,17H,3-4,10H2,1-2H3,(H6,23,24,25,26,27,28). The molecule has 9 heteroatoms. The zero-order valence-corrected chi connectivity index (χ0v) is 16.4. The number of pyridine rings is 1. The topological polar surface area (TPSA) is 152 Å². The molecule has 0 amide bonds. The Morgan fingerprint density at radius 1 is 1.24 bits per heavy atom. The molecule has 9 nitrogen and oxygen atoms in total. The molecule has 2 aromatic rings. The van der Waals surface area contributed by atoms with Crippen LogP contribution in [0.3, 0.4) is 0 Å². The number of fused-ring (bicyclic) bond motifs is 1. The van der Waals surface area contributed by atoms with Gasteiger partial charge in [0.05, 0.1) is 5.69 Å². The number of benzene rings is 1. The lowest BCUT2D eigenvalue weighted by molar-refractivity contribution is 0.296. The fourth-order valence-corrected chi connectivity index (χ4v) is 3.39. The van der Waals surface area contributed by atoms with Crippen LogP contribution >= 0.6 is 0 Å². The highest BCUT2D eigenvalue weighted by Gasteiger charge is 2.29. The molecular formula is C20H23N9. The van der Waals surface area contributed by atoms with Crippen LogP contribution in [0.2, 0.25) is 0 Å². The summed E-state index contributed by atoms with van der Waals surface area (Å²) in [7, 11) is 0. The zero-order valence-electron chi connectivity index (χ0n) is 16.4. The Hall–Kier alpha value is -3.82. The second kappa shape index (κ2) is 8.46. The van der Waals surface area contributed by atoms with Crippen LogP contribution in [0, 0.1) is 22.8 Å². The van der Waals surface area contributed by atoms with Crippen molar-refractivity contribution in [3.63, 3.8) is 0 Å². The number of nitriles is 2. The highest BCUT2D eigenvalue weighted by molar-refractivity contribution is 5.98. The predicted octanol–water partition coefficient (Wildman–Crippen LogP) is 1.90. The number of hydrogen-bond donors (Lipinski definition) is 4. The first-order valence-electron chi connectivity index (χ1n) is 9.32. The molecular weight excluding hydrogens is 366 g/mol. The van der Waals surface area contributed by atoms with Gasteiger partial charge >= 0.3 is 0 Å². The molecule has 1 aliphatic heterocycles. The first-order chi connectivity index (χ1) is 14.0. The number of nitrogens with one attached hydrogen (secondary N) is 2. The van der Waals surface area contributed by atoms with Crippen molar-refractivity contribution in [2.24, 2.45) is 4.99 Å². The molecule has 0 saturated carbocycles. The fourth-order valence-electron chi connectivity index (χ4n) is 3.39. The number of nitrogens with zero attached hydrogens (tertiary/aromatic N) is 5. The van der Waals surface area contributed by atoms with Crippen molar-refractivity contribution < 1.29 is 0 Å². The number of aromatic nitrogens is 1. The van der Waals surface area contributed by atoms with Crippen molar-refractivity contribution in [2.75, 3.05) is 29.9 Å². The number of hydrogen-bond acceptors (Lipinski definition) is 9. The Morgan fingerprint density at radius 3 is 2.66 bits per heavy atom. The minimum Gasteiger partial charge on any atom is -0.397 e. The van der Waals surface area contributed by atoms with Crippen molar-refractivity contribution in [3.8, 4) is 12.3 Å². The average molecular weight is 389 g/mol. The Kier molecular flexibility index (Phi) is 5.82. The van der Waals surface area contributed by atoms with Gasteiger partial charge in [-0.25, -0.2) is 9.98 Å². The van der Waals surface area contributed by atoms with E-state index in [1.807, 2.05) is 24.4 Å². The summed E-state index contributed by atoms with van der Waals surface area (Å²) in [6.07, 6.45) is 1.85. The first-order valence-corrected chi connectivity index (χ1v) is 9.32. The summed E-state index contributed by atoms with van der Waals surface area (Å²) in [5.74, 6) is 0.657. The van der Waals surface area contributed by atoms with Crippen molar-refractivity contribution in [2.45, 2.75) is 26.4 Å². The van der Waals surface area contributed by atoms with Crippen molar-refractivity contribution >= 4 is 23.3 Å². The normalized spacial score (nSPS) is 14.9. The van der Waals surface area contributed by atoms with E-state index in [-0.39, 0.29) is 23.0 Å². The van der Waals surface area contributed by atoms with E-state index in [1.54, 1.807) is 0 Å². The van der Waals surface area contributed by atoms with E-state index in [2.05, 4.69) is 51.5 Å². The van der Waals surface area contributed by atoms with Crippen LogP contribution in [0.5, 0.6) is 0 Å². The maximum absolute atomic E-state index is 9.42. The van der Waals surface area contributed by atoms with E-state index in [4.69, 9.17) is 16.7 Å². The Bertz CT molecular complexity index is 1030. The maximum Gasteiger partial charge on any atom is 0.211 e. The third-order valence-electron chi connectivity index (χ3n) is 4.92. The quantitative estimate of drug-likeness (QED) is 0.447. The third kappa shape index (κ3) is 3.91. The van der Waals surface area contributed by atoms with Crippen molar-refractivity contribution in [3.05, 3.63) is 46.5 Å². The van der Waals surface area contributed by atoms with Gasteiger partial charge in [0.2, 0.25) is 5.96 Å². The molecule has 0 saturated heterocycles. The summed E-state index contributed by atoms with van der Waals surface area (Å²) >= 11 is 0. The average Bonchev–Trinajstić information content (AvgIpc) is 2.72. The zero-order chi connectivity index (χ0) is 21.0. The third-order valence-corrected chi connectivity index (χ3v) is 4.92. The minimum absolute atomic E-state index is 0.0310. The summed E-state index contributed by atoms with van der Waals surface area (Å²) in [6.45, 7) is 6.96. The van der Waals surface area contributed by atoms with Gasteiger partial charge in [0.15, 0.2) is 6.19 Å². The highest BCUT2D eigenvalue weighted by atomic mass is 15.2. The van der Waals surface area contributed by atoms with Gasteiger partial charge in [0.1, 0.15) is 29.3 Å². The van der Waals surface area contributed by atoms with Gasteiger partial charge in [-0.1, -0.05) is 38.1 Å². The van der Waals surface area contributed by atoms with E-state index in [0.717, 1.165) is 30.8 Å². The number of anilines is 3. The predicted molar refractivity (Wildman–Crippen MR) is 112 cm³/mol. The lowest BCUT2D eigenvalue weighted by Gasteiger charge is -2.26. The SMILES string of the molecule is CCN(CC)Cc1cccc(C2N=C(NC#N)Nc3nc(N)c(C#N)c(N)c32)c1. The van der Waals surface area contributed by atoms with Gasteiger partial charge in [-0.15, -0.1) is 0 Å². The maximum atomic E-state index is 9.42. The summed E-state index contributed by atoms with van der Waals surface area (Å²) in [5.41, 5.74) is 15.1. The molecule has 1 atom stereocenters. The monoisotopic (exact) mass is 389 g/mol. The smallest absolute Gasteiger partial charge is 0.211 e. The van der Waals surface area contributed by atoms with E-state index < -0.39 is 6.04 Å². The van der Waals surface area contributed by atoms with Crippen molar-refractivity contribution in [1.82, 2.24) is 15.2 Å².